The molecule has 15 aromatic carbocycles. The molecule has 490 valence electrons. The third kappa shape index (κ3) is 10.6. The average molecular weight is 1340 g/mol. The van der Waals surface area contributed by atoms with Crippen molar-refractivity contribution in [2.75, 3.05) is 0 Å². The summed E-state index contributed by atoms with van der Waals surface area (Å²) >= 11 is 0. The van der Waals surface area contributed by atoms with E-state index in [9.17, 15) is 0 Å². The number of hydrogen-bond donors (Lipinski definition) is 0. The lowest BCUT2D eigenvalue weighted by atomic mass is 9.91. The van der Waals surface area contributed by atoms with Crippen LogP contribution in [0.2, 0.25) is 0 Å². The van der Waals surface area contributed by atoms with Gasteiger partial charge in [-0.3, -0.25) is 9.97 Å². The first kappa shape index (κ1) is 60.9. The van der Waals surface area contributed by atoms with Crippen LogP contribution in [0.1, 0.15) is 0 Å². The van der Waals surface area contributed by atoms with Gasteiger partial charge in [-0.1, -0.05) is 279 Å². The van der Waals surface area contributed by atoms with Crippen molar-refractivity contribution in [3.63, 3.8) is 0 Å². The van der Waals surface area contributed by atoms with Gasteiger partial charge in [0.05, 0.1) is 50.2 Å². The second-order valence-electron chi connectivity index (χ2n) is 27.2. The standard InChI is InChI=1S/C100H65N5/c1-7-21-66(22-8-1)76-43-49-92-86(57-76)87-58-77(67-23-9-2-10-24-67)44-50-93(87)103(92)98-84(74-39-35-72(36-40-74)82-33-19-55-101-64-82)63-85(75-41-37-73(38-42-75)83-34-20-56-102-65-83)99(104-94-51-45-78(68-25-11-3-12-26-68)59-88(94)89-60-79(46-52-95(89)104)69-27-13-4-14-28-69)100(98)105-96-53-47-80(70-29-15-5-16-30-70)61-90(96)91-62-81(48-54-97(91)105)71-31-17-6-18-32-71/h1-65H. The molecule has 0 amide bonds. The van der Waals surface area contributed by atoms with Crippen LogP contribution in [-0.2, 0) is 0 Å². The lowest BCUT2D eigenvalue weighted by molar-refractivity contribution is 1.05. The lowest BCUT2D eigenvalue weighted by Crippen LogP contribution is -2.12. The fourth-order valence-electron chi connectivity index (χ4n) is 16.2. The first-order chi connectivity index (χ1) is 52.1. The van der Waals surface area contributed by atoms with Gasteiger partial charge in [-0.15, -0.1) is 0 Å². The molecule has 0 radical (unpaired) electrons. The van der Waals surface area contributed by atoms with Crippen LogP contribution in [0.4, 0.5) is 0 Å². The van der Waals surface area contributed by atoms with Crippen LogP contribution >= 0.6 is 0 Å². The van der Waals surface area contributed by atoms with E-state index >= 15 is 0 Å². The maximum absolute atomic E-state index is 4.61. The molecule has 0 aliphatic rings. The summed E-state index contributed by atoms with van der Waals surface area (Å²) in [5, 5.41) is 6.85. The van der Waals surface area contributed by atoms with E-state index in [4.69, 9.17) is 0 Å². The van der Waals surface area contributed by atoms with Gasteiger partial charge in [0, 0.05) is 68.2 Å². The highest BCUT2D eigenvalue weighted by molar-refractivity contribution is 6.18. The van der Waals surface area contributed by atoms with Crippen molar-refractivity contribution in [2.24, 2.45) is 0 Å². The topological polar surface area (TPSA) is 40.6 Å². The summed E-state index contributed by atoms with van der Waals surface area (Å²) in [7, 11) is 0. The Bertz CT molecular complexity index is 6070. The molecule has 5 heterocycles. The Morgan fingerprint density at radius 1 is 0.152 bits per heavy atom. The molecule has 0 atom stereocenters. The zero-order chi connectivity index (χ0) is 69.3. The molecule has 5 heteroatoms. The molecule has 0 aliphatic carbocycles. The number of nitrogens with zero attached hydrogens (tertiary/aromatic N) is 5. The van der Waals surface area contributed by atoms with Crippen molar-refractivity contribution < 1.29 is 0 Å². The van der Waals surface area contributed by atoms with Crippen LogP contribution in [0.3, 0.4) is 0 Å². The molecule has 0 aliphatic heterocycles. The van der Waals surface area contributed by atoms with Gasteiger partial charge in [0.25, 0.3) is 0 Å². The van der Waals surface area contributed by atoms with Gasteiger partial charge < -0.3 is 13.7 Å². The second-order valence-corrected chi connectivity index (χ2v) is 27.2. The first-order valence-electron chi connectivity index (χ1n) is 35.9. The number of benzene rings is 15. The minimum absolute atomic E-state index is 1.01. The Hall–Kier alpha value is -14.0. The van der Waals surface area contributed by atoms with E-state index in [1.165, 1.54) is 0 Å². The molecule has 5 aromatic heterocycles. The summed E-state index contributed by atoms with van der Waals surface area (Å²) in [6.45, 7) is 0. The van der Waals surface area contributed by atoms with Crippen molar-refractivity contribution in [1.29, 1.82) is 0 Å². The van der Waals surface area contributed by atoms with Crippen molar-refractivity contribution in [2.45, 2.75) is 0 Å². The normalized spacial score (nSPS) is 11.6. The van der Waals surface area contributed by atoms with Gasteiger partial charge in [-0.2, -0.15) is 0 Å². The Morgan fingerprint density at radius 2 is 0.352 bits per heavy atom. The molecule has 0 saturated carbocycles. The van der Waals surface area contributed by atoms with Gasteiger partial charge >= 0.3 is 0 Å². The molecule has 105 heavy (non-hydrogen) atoms. The number of rotatable bonds is 13. The zero-order valence-electron chi connectivity index (χ0n) is 57.3. The Kier molecular flexibility index (Phi) is 14.8. The van der Waals surface area contributed by atoms with Crippen LogP contribution in [0, 0.1) is 0 Å². The third-order valence-electron chi connectivity index (χ3n) is 21.2. The fraction of sp³-hybridized carbons (Fsp3) is 0. The molecular formula is C100H65N5. The van der Waals surface area contributed by atoms with Crippen LogP contribution in [0.5, 0.6) is 0 Å². The van der Waals surface area contributed by atoms with Crippen LogP contribution in [0.25, 0.3) is 194 Å². The number of pyridine rings is 2. The Labute approximate surface area is 608 Å². The van der Waals surface area contributed by atoms with E-state index in [0.717, 1.165) is 194 Å². The molecule has 0 bridgehead atoms. The summed E-state index contributed by atoms with van der Waals surface area (Å²) < 4.78 is 7.88. The first-order valence-corrected chi connectivity index (χ1v) is 35.9. The Morgan fingerprint density at radius 3 is 0.581 bits per heavy atom. The summed E-state index contributed by atoms with van der Waals surface area (Å²) in [5.41, 5.74) is 31.7. The van der Waals surface area contributed by atoms with Crippen molar-refractivity contribution >= 4 is 65.4 Å². The maximum Gasteiger partial charge on any atom is 0.0959 e. The van der Waals surface area contributed by atoms with E-state index in [1.54, 1.807) is 0 Å². The van der Waals surface area contributed by atoms with Gasteiger partial charge in [0.15, 0.2) is 0 Å². The Balaban J connectivity index is 1.02. The average Bonchev–Trinajstić information content (AvgIpc) is 1.56. The minimum atomic E-state index is 1.01. The molecule has 5 nitrogen and oxygen atoms in total. The third-order valence-corrected chi connectivity index (χ3v) is 21.2. The summed E-state index contributed by atoms with van der Waals surface area (Å²) in [6.07, 6.45) is 7.60. The van der Waals surface area contributed by atoms with Crippen LogP contribution in [0.15, 0.2) is 395 Å². The minimum Gasteiger partial charge on any atom is -0.306 e. The summed E-state index contributed by atoms with van der Waals surface area (Å²) in [6, 6.07) is 137. The second kappa shape index (κ2) is 25.6. The summed E-state index contributed by atoms with van der Waals surface area (Å²) in [5.74, 6) is 0. The van der Waals surface area contributed by atoms with Gasteiger partial charge in [0.1, 0.15) is 0 Å². The molecule has 20 rings (SSSR count). The highest BCUT2D eigenvalue weighted by atomic mass is 15.1. The van der Waals surface area contributed by atoms with E-state index in [1.807, 2.05) is 36.9 Å². The molecule has 0 unspecified atom stereocenters. The highest BCUT2D eigenvalue weighted by Gasteiger charge is 2.32. The van der Waals surface area contributed by atoms with Gasteiger partial charge in [-0.25, -0.2) is 0 Å². The van der Waals surface area contributed by atoms with Gasteiger partial charge in [0.2, 0.25) is 0 Å². The largest absolute Gasteiger partial charge is 0.306 e. The van der Waals surface area contributed by atoms with Crippen molar-refractivity contribution in [3.8, 4) is 128 Å². The molecule has 0 N–H and O–H groups in total. The molecular weight excluding hydrogens is 1270 g/mol. The highest BCUT2D eigenvalue weighted by Crippen LogP contribution is 2.52. The molecule has 0 spiro atoms. The van der Waals surface area contributed by atoms with E-state index in [-0.39, 0.29) is 0 Å². The van der Waals surface area contributed by atoms with E-state index < -0.39 is 0 Å². The fourth-order valence-corrected chi connectivity index (χ4v) is 16.2. The maximum atomic E-state index is 4.61. The monoisotopic (exact) mass is 1340 g/mol. The van der Waals surface area contributed by atoms with Gasteiger partial charge in [-0.05, 0) is 191 Å². The number of aromatic nitrogens is 5. The van der Waals surface area contributed by atoms with Crippen LogP contribution in [-0.4, -0.2) is 23.7 Å². The van der Waals surface area contributed by atoms with Crippen molar-refractivity contribution in [1.82, 2.24) is 23.7 Å². The number of hydrogen-bond acceptors (Lipinski definition) is 2. The zero-order valence-corrected chi connectivity index (χ0v) is 57.3. The predicted octanol–water partition coefficient (Wildman–Crippen LogP) is 26.4. The molecule has 0 fully saturated rings. The smallest absolute Gasteiger partial charge is 0.0959 e. The van der Waals surface area contributed by atoms with Crippen LogP contribution < -0.4 is 0 Å². The summed E-state index contributed by atoms with van der Waals surface area (Å²) in [4.78, 5) is 9.22. The van der Waals surface area contributed by atoms with Crippen molar-refractivity contribution in [3.05, 3.63) is 395 Å². The molecule has 20 aromatic rings. The predicted molar refractivity (Wildman–Crippen MR) is 439 cm³/mol. The molecule has 0 saturated heterocycles. The SMILES string of the molecule is c1ccc(-c2ccc3c(c2)c2cc(-c4ccccc4)ccc2n3-c2c(-c3ccc(-c4cccnc4)cc3)cc(-c3ccc(-c4cccnc4)cc3)c(-n3c4ccc(-c5ccccc5)cc4c4cc(-c5ccccc5)ccc43)c2-n2c3ccc(-c4ccccc4)cc3c3cc(-c4ccccc4)ccc32)cc1. The van der Waals surface area contributed by atoms with E-state index in [0.29, 0.717) is 0 Å². The lowest BCUT2D eigenvalue weighted by Gasteiger charge is -2.28. The quantitative estimate of drug-likeness (QED) is 0.115. The van der Waals surface area contributed by atoms with E-state index in [2.05, 4.69) is 382 Å². The number of fused-ring (bicyclic) bond motifs is 9.